The summed E-state index contributed by atoms with van der Waals surface area (Å²) in [6.07, 6.45) is 13.3. The maximum absolute atomic E-state index is 6.43. The lowest BCUT2D eigenvalue weighted by Gasteiger charge is -2.52. The summed E-state index contributed by atoms with van der Waals surface area (Å²) in [7, 11) is 0. The molecule has 2 atom stereocenters. The minimum Gasteiger partial charge on any atom is -0.456 e. The Morgan fingerprint density at radius 3 is 2.38 bits per heavy atom. The van der Waals surface area contributed by atoms with Gasteiger partial charge in [-0.3, -0.25) is 0 Å². The molecule has 56 heavy (non-hydrogen) atoms. The van der Waals surface area contributed by atoms with Crippen molar-refractivity contribution in [2.24, 2.45) is 0 Å². The smallest absolute Gasteiger partial charge is 0.252 e. The van der Waals surface area contributed by atoms with Crippen LogP contribution in [0.1, 0.15) is 52.0 Å². The van der Waals surface area contributed by atoms with Gasteiger partial charge in [-0.2, -0.15) is 0 Å². The van der Waals surface area contributed by atoms with E-state index in [9.17, 15) is 0 Å². The lowest BCUT2D eigenvalue weighted by Crippen LogP contribution is -2.64. The van der Waals surface area contributed by atoms with Gasteiger partial charge in [-0.05, 0) is 115 Å². The standard InChI is InChI=1S/C51H44BN3O/c1-5-7-18-34(6-2)54-42-25-16-26-43-48(42)52(40-23-15-22-38-49(40)55(43)51(4)32-14-13-31-50(38,51)3)39-30-29-36(33-44(39)54)53(35-19-9-8-10-20-35)41-24-17-28-46-47(41)37-21-11-12-27-45(37)56-46/h5-12,15-30,33H,2,13-14,31-32H2,1,3-4H3/b7-5-,34-18+. The van der Waals surface area contributed by atoms with E-state index in [0.29, 0.717) is 0 Å². The number of hydrogen-bond donors (Lipinski definition) is 0. The Hall–Kier alpha value is -6.20. The topological polar surface area (TPSA) is 22.9 Å². The van der Waals surface area contributed by atoms with E-state index in [0.717, 1.165) is 50.4 Å². The highest BCUT2D eigenvalue weighted by atomic mass is 16.3. The number of para-hydroxylation sites is 3. The summed E-state index contributed by atoms with van der Waals surface area (Å²) in [5.41, 5.74) is 16.9. The van der Waals surface area contributed by atoms with Crippen molar-refractivity contribution in [3.63, 3.8) is 0 Å². The van der Waals surface area contributed by atoms with Crippen molar-refractivity contribution < 1.29 is 4.42 Å². The molecule has 5 heteroatoms. The summed E-state index contributed by atoms with van der Waals surface area (Å²) >= 11 is 0. The predicted molar refractivity (Wildman–Crippen MR) is 238 cm³/mol. The maximum Gasteiger partial charge on any atom is 0.252 e. The fourth-order valence-electron chi connectivity index (χ4n) is 11.0. The summed E-state index contributed by atoms with van der Waals surface area (Å²) in [5.74, 6) is 0. The van der Waals surface area contributed by atoms with Gasteiger partial charge in [-0.1, -0.05) is 111 Å². The quantitative estimate of drug-likeness (QED) is 0.126. The molecule has 0 spiro atoms. The van der Waals surface area contributed by atoms with Crippen molar-refractivity contribution in [2.45, 2.75) is 57.4 Å². The molecule has 272 valence electrons. The summed E-state index contributed by atoms with van der Waals surface area (Å²) < 4.78 is 6.43. The van der Waals surface area contributed by atoms with Crippen LogP contribution in [0.4, 0.5) is 39.8 Å². The lowest BCUT2D eigenvalue weighted by atomic mass is 9.33. The molecule has 4 aliphatic rings. The number of furan rings is 1. The fraction of sp³-hybridized carbons (Fsp3) is 0.176. The molecule has 1 fully saturated rings. The van der Waals surface area contributed by atoms with E-state index in [1.54, 1.807) is 0 Å². The van der Waals surface area contributed by atoms with Gasteiger partial charge in [0.05, 0.1) is 16.6 Å². The summed E-state index contributed by atoms with van der Waals surface area (Å²) in [4.78, 5) is 7.64. The molecule has 0 radical (unpaired) electrons. The van der Waals surface area contributed by atoms with Crippen molar-refractivity contribution in [1.29, 1.82) is 0 Å². The van der Waals surface area contributed by atoms with Crippen molar-refractivity contribution in [3.8, 4) is 0 Å². The van der Waals surface area contributed by atoms with E-state index < -0.39 is 0 Å². The Bertz CT molecular complexity index is 2820. The first kappa shape index (κ1) is 33.2. The van der Waals surface area contributed by atoms with E-state index in [4.69, 9.17) is 4.42 Å². The second-order valence-electron chi connectivity index (χ2n) is 16.4. The first-order chi connectivity index (χ1) is 27.5. The zero-order valence-electron chi connectivity index (χ0n) is 32.3. The summed E-state index contributed by atoms with van der Waals surface area (Å²) in [6.45, 7) is 11.6. The van der Waals surface area contributed by atoms with Crippen LogP contribution in [-0.4, -0.2) is 12.3 Å². The van der Waals surface area contributed by atoms with E-state index >= 15 is 0 Å². The Morgan fingerprint density at radius 1 is 0.750 bits per heavy atom. The first-order valence-electron chi connectivity index (χ1n) is 20.2. The first-order valence-corrected chi connectivity index (χ1v) is 20.2. The van der Waals surface area contributed by atoms with Gasteiger partial charge in [0.1, 0.15) is 11.2 Å². The molecule has 0 bridgehead atoms. The van der Waals surface area contributed by atoms with Crippen LogP contribution in [0.3, 0.4) is 0 Å². The highest BCUT2D eigenvalue weighted by Crippen LogP contribution is 2.61. The molecule has 1 aromatic heterocycles. The van der Waals surface area contributed by atoms with E-state index in [1.807, 2.05) is 12.1 Å². The maximum atomic E-state index is 6.43. The molecule has 0 saturated heterocycles. The molecule has 6 aromatic carbocycles. The van der Waals surface area contributed by atoms with Crippen molar-refractivity contribution >= 4 is 84.9 Å². The molecule has 0 N–H and O–H groups in total. The van der Waals surface area contributed by atoms with Crippen molar-refractivity contribution in [3.05, 3.63) is 170 Å². The number of fused-ring (bicyclic) bond motifs is 10. The van der Waals surface area contributed by atoms with Crippen molar-refractivity contribution in [2.75, 3.05) is 14.7 Å². The molecule has 2 unspecified atom stereocenters. The number of allylic oxidation sites excluding steroid dienone is 4. The van der Waals surface area contributed by atoms with Gasteiger partial charge in [0, 0.05) is 50.6 Å². The molecule has 0 amide bonds. The zero-order chi connectivity index (χ0) is 37.8. The number of rotatable bonds is 6. The van der Waals surface area contributed by atoms with Crippen LogP contribution in [0.25, 0.3) is 21.9 Å². The third-order valence-electron chi connectivity index (χ3n) is 13.7. The second kappa shape index (κ2) is 12.2. The average Bonchev–Trinajstić information content (AvgIpc) is 3.72. The molecule has 11 rings (SSSR count). The lowest BCUT2D eigenvalue weighted by molar-refractivity contribution is 0.195. The molecule has 7 aromatic rings. The minimum atomic E-state index is -0.00470. The molecular weight excluding hydrogens is 681 g/mol. The molecular formula is C51H44BN3O. The van der Waals surface area contributed by atoms with Gasteiger partial charge in [-0.25, -0.2) is 0 Å². The van der Waals surface area contributed by atoms with Crippen LogP contribution in [-0.2, 0) is 5.41 Å². The third kappa shape index (κ3) is 4.31. The van der Waals surface area contributed by atoms with Gasteiger partial charge in [0.15, 0.2) is 0 Å². The highest BCUT2D eigenvalue weighted by Gasteiger charge is 2.61. The normalized spacial score (nSPS) is 20.6. The highest BCUT2D eigenvalue weighted by molar-refractivity contribution is 7.00. The van der Waals surface area contributed by atoms with Crippen LogP contribution in [0, 0.1) is 0 Å². The summed E-state index contributed by atoms with van der Waals surface area (Å²) in [5, 5.41) is 2.21. The van der Waals surface area contributed by atoms with Crippen LogP contribution in [0.5, 0.6) is 0 Å². The average molecular weight is 726 g/mol. The largest absolute Gasteiger partial charge is 0.456 e. The molecule has 4 nitrogen and oxygen atoms in total. The van der Waals surface area contributed by atoms with Crippen molar-refractivity contribution in [1.82, 2.24) is 0 Å². The van der Waals surface area contributed by atoms with Gasteiger partial charge in [-0.15, -0.1) is 0 Å². The van der Waals surface area contributed by atoms with Crippen LogP contribution in [0.2, 0.25) is 0 Å². The SMILES string of the molecule is C=C/C(=C\C=C/C)N1c2cc(N(c3ccccc3)c3cccc4oc5ccccc5c34)ccc2B2c3cccc4c3N(c3cccc1c32)C1(C)CCCCC41C. The van der Waals surface area contributed by atoms with Crippen LogP contribution < -0.4 is 31.1 Å². The monoisotopic (exact) mass is 725 g/mol. The number of anilines is 7. The predicted octanol–water partition coefficient (Wildman–Crippen LogP) is 11.7. The number of hydrogen-bond acceptors (Lipinski definition) is 4. The molecule has 1 aliphatic carbocycles. The van der Waals surface area contributed by atoms with Gasteiger partial charge in [0.25, 0.3) is 6.71 Å². The van der Waals surface area contributed by atoms with Gasteiger partial charge >= 0.3 is 0 Å². The third-order valence-corrected chi connectivity index (χ3v) is 13.7. The zero-order valence-corrected chi connectivity index (χ0v) is 32.3. The molecule has 3 aliphatic heterocycles. The van der Waals surface area contributed by atoms with E-state index in [2.05, 4.69) is 182 Å². The Kier molecular flexibility index (Phi) is 7.20. The number of benzene rings is 6. The van der Waals surface area contributed by atoms with E-state index in [-0.39, 0.29) is 17.7 Å². The van der Waals surface area contributed by atoms with Crippen LogP contribution in [0.15, 0.2) is 168 Å². The Morgan fingerprint density at radius 2 is 1.52 bits per heavy atom. The van der Waals surface area contributed by atoms with E-state index in [1.165, 1.54) is 64.7 Å². The summed E-state index contributed by atoms with van der Waals surface area (Å²) in [6, 6.07) is 46.8. The van der Waals surface area contributed by atoms with Crippen LogP contribution >= 0.6 is 0 Å². The van der Waals surface area contributed by atoms with Gasteiger partial charge in [0.2, 0.25) is 0 Å². The van der Waals surface area contributed by atoms with Gasteiger partial charge < -0.3 is 19.1 Å². The molecule has 4 heterocycles. The molecule has 1 saturated carbocycles. The second-order valence-corrected chi connectivity index (χ2v) is 16.4. The Balaban J connectivity index is 1.20. The Labute approximate surface area is 329 Å². The fourth-order valence-corrected chi connectivity index (χ4v) is 11.0. The minimum absolute atomic E-state index is 0.00470. The number of nitrogens with zero attached hydrogens (tertiary/aromatic N) is 3.